The normalized spacial score (nSPS) is 14.5. The second-order valence-electron chi connectivity index (χ2n) is 1.43. The zero-order valence-electron chi connectivity index (χ0n) is 4.08. The Balaban J connectivity index is 2.75. The van der Waals surface area contributed by atoms with Gasteiger partial charge in [0.15, 0.2) is 0 Å². The minimum atomic E-state index is -0.281. The van der Waals surface area contributed by atoms with Gasteiger partial charge < -0.3 is 0 Å². The first kappa shape index (κ1) is 5.93. The third kappa shape index (κ3) is 2.18. The summed E-state index contributed by atoms with van der Waals surface area (Å²) < 4.78 is 11.3. The van der Waals surface area contributed by atoms with Crippen molar-refractivity contribution < 1.29 is 4.39 Å². The van der Waals surface area contributed by atoms with Gasteiger partial charge >= 0.3 is 0 Å². The molecule has 0 aliphatic carbocycles. The average Bonchev–Trinajstić information content (AvgIpc) is 1.65. The number of rotatable bonds is 2. The highest BCUT2D eigenvalue weighted by Crippen LogP contribution is 1.97. The summed E-state index contributed by atoms with van der Waals surface area (Å²) in [5, 5.41) is 0. The molecule has 6 heavy (non-hydrogen) atoms. The van der Waals surface area contributed by atoms with Crippen LogP contribution in [0.25, 0.3) is 0 Å². The molecule has 0 aliphatic rings. The molecule has 1 atom stereocenters. The van der Waals surface area contributed by atoms with Crippen molar-refractivity contribution >= 4 is 0 Å². The zero-order chi connectivity index (χ0) is 4.99. The Bertz CT molecular complexity index is 23.1. The Morgan fingerprint density at radius 3 is 2.33 bits per heavy atom. The fraction of sp³-hybridized carbons (Fsp3) is 0.800. The SMILES string of the molecule is [CH2]C(CC)CF. The van der Waals surface area contributed by atoms with E-state index in [-0.39, 0.29) is 12.6 Å². The molecular weight excluding hydrogens is 79.1 g/mol. The molecule has 0 aromatic carbocycles. The minimum Gasteiger partial charge on any atom is -0.251 e. The fourth-order valence-corrected chi connectivity index (χ4v) is 0.109. The molecule has 0 heterocycles. The van der Waals surface area contributed by atoms with Gasteiger partial charge in [-0.15, -0.1) is 0 Å². The Kier molecular flexibility index (Phi) is 3.10. The van der Waals surface area contributed by atoms with Crippen LogP contribution in [0.2, 0.25) is 0 Å². The molecule has 1 radical (unpaired) electrons. The van der Waals surface area contributed by atoms with Crippen LogP contribution in [0.1, 0.15) is 13.3 Å². The summed E-state index contributed by atoms with van der Waals surface area (Å²) in [5.41, 5.74) is 0. The average molecular weight is 89.1 g/mol. The van der Waals surface area contributed by atoms with E-state index in [0.29, 0.717) is 0 Å². The van der Waals surface area contributed by atoms with Crippen molar-refractivity contribution in [2.75, 3.05) is 6.67 Å². The number of alkyl halides is 1. The molecule has 0 aliphatic heterocycles. The molecule has 1 unspecified atom stereocenters. The molecular formula is C5H10F. The standard InChI is InChI=1S/C5H10F/c1-3-5(2)4-6/h5H,2-4H2,1H3. The van der Waals surface area contributed by atoms with Gasteiger partial charge in [0, 0.05) is 0 Å². The van der Waals surface area contributed by atoms with Crippen LogP contribution in [0.5, 0.6) is 0 Å². The van der Waals surface area contributed by atoms with E-state index in [0.717, 1.165) is 6.42 Å². The molecule has 0 amide bonds. The van der Waals surface area contributed by atoms with Crippen LogP contribution < -0.4 is 0 Å². The van der Waals surface area contributed by atoms with E-state index in [4.69, 9.17) is 0 Å². The highest BCUT2D eigenvalue weighted by molar-refractivity contribution is 4.53. The minimum absolute atomic E-state index is 0.0185. The van der Waals surface area contributed by atoms with E-state index in [9.17, 15) is 4.39 Å². The van der Waals surface area contributed by atoms with Crippen molar-refractivity contribution in [1.29, 1.82) is 0 Å². The molecule has 0 spiro atoms. The molecule has 0 saturated heterocycles. The number of hydrogen-bond donors (Lipinski definition) is 0. The fourth-order valence-electron chi connectivity index (χ4n) is 0.109. The molecule has 0 aromatic rings. The van der Waals surface area contributed by atoms with E-state index in [1.54, 1.807) is 0 Å². The topological polar surface area (TPSA) is 0 Å². The summed E-state index contributed by atoms with van der Waals surface area (Å²) in [5.74, 6) is 0.0185. The van der Waals surface area contributed by atoms with Gasteiger partial charge in [-0.05, 0) is 12.8 Å². The van der Waals surface area contributed by atoms with Gasteiger partial charge in [-0.2, -0.15) is 0 Å². The number of halogens is 1. The smallest absolute Gasteiger partial charge is 0.0922 e. The summed E-state index contributed by atoms with van der Waals surface area (Å²) in [6, 6.07) is 0. The Morgan fingerprint density at radius 2 is 2.33 bits per heavy atom. The van der Waals surface area contributed by atoms with Crippen LogP contribution in [0.4, 0.5) is 4.39 Å². The lowest BCUT2D eigenvalue weighted by molar-refractivity contribution is 0.401. The van der Waals surface area contributed by atoms with E-state index >= 15 is 0 Å². The Hall–Kier alpha value is -0.0700. The summed E-state index contributed by atoms with van der Waals surface area (Å²) >= 11 is 0. The van der Waals surface area contributed by atoms with Gasteiger partial charge in [-0.1, -0.05) is 13.3 Å². The van der Waals surface area contributed by atoms with Crippen LogP contribution in [-0.4, -0.2) is 6.67 Å². The van der Waals surface area contributed by atoms with Crippen LogP contribution in [0.3, 0.4) is 0 Å². The van der Waals surface area contributed by atoms with Gasteiger partial charge in [0.05, 0.1) is 6.67 Å². The highest BCUT2D eigenvalue weighted by atomic mass is 19.1. The van der Waals surface area contributed by atoms with E-state index in [2.05, 4.69) is 6.92 Å². The van der Waals surface area contributed by atoms with Gasteiger partial charge in [-0.25, -0.2) is 0 Å². The second kappa shape index (κ2) is 3.13. The second-order valence-corrected chi connectivity index (χ2v) is 1.43. The first-order chi connectivity index (χ1) is 2.81. The van der Waals surface area contributed by atoms with Crippen LogP contribution in [-0.2, 0) is 0 Å². The van der Waals surface area contributed by atoms with Crippen molar-refractivity contribution in [2.24, 2.45) is 5.92 Å². The predicted octanol–water partition coefficient (Wildman–Crippen LogP) is 1.82. The van der Waals surface area contributed by atoms with E-state index in [1.165, 1.54) is 0 Å². The van der Waals surface area contributed by atoms with Crippen molar-refractivity contribution in [2.45, 2.75) is 13.3 Å². The lowest BCUT2D eigenvalue weighted by Gasteiger charge is -1.95. The van der Waals surface area contributed by atoms with Crippen LogP contribution >= 0.6 is 0 Å². The molecule has 0 rings (SSSR count). The van der Waals surface area contributed by atoms with E-state index in [1.807, 2.05) is 6.92 Å². The Labute approximate surface area is 38.4 Å². The van der Waals surface area contributed by atoms with Crippen molar-refractivity contribution in [1.82, 2.24) is 0 Å². The molecule has 0 N–H and O–H groups in total. The summed E-state index contributed by atoms with van der Waals surface area (Å²) in [6.07, 6.45) is 0.844. The summed E-state index contributed by atoms with van der Waals surface area (Å²) in [6.45, 7) is 5.15. The lowest BCUT2D eigenvalue weighted by atomic mass is 10.1. The van der Waals surface area contributed by atoms with Gasteiger partial charge in [0.2, 0.25) is 0 Å². The first-order valence-corrected chi connectivity index (χ1v) is 2.20. The maximum atomic E-state index is 11.3. The third-order valence-electron chi connectivity index (χ3n) is 0.796. The first-order valence-electron chi connectivity index (χ1n) is 2.20. The molecule has 0 fully saturated rings. The maximum absolute atomic E-state index is 11.3. The molecule has 0 nitrogen and oxygen atoms in total. The van der Waals surface area contributed by atoms with E-state index < -0.39 is 0 Å². The van der Waals surface area contributed by atoms with Crippen LogP contribution in [0, 0.1) is 12.8 Å². The largest absolute Gasteiger partial charge is 0.251 e. The highest BCUT2D eigenvalue weighted by Gasteiger charge is 1.92. The van der Waals surface area contributed by atoms with Crippen molar-refractivity contribution in [3.05, 3.63) is 6.92 Å². The monoisotopic (exact) mass is 89.1 g/mol. The molecule has 37 valence electrons. The lowest BCUT2D eigenvalue weighted by Crippen LogP contribution is -1.91. The van der Waals surface area contributed by atoms with Gasteiger partial charge in [0.1, 0.15) is 0 Å². The molecule has 0 aromatic heterocycles. The molecule has 0 bridgehead atoms. The maximum Gasteiger partial charge on any atom is 0.0922 e. The third-order valence-corrected chi connectivity index (χ3v) is 0.796. The predicted molar refractivity (Wildman–Crippen MR) is 25.1 cm³/mol. The zero-order valence-corrected chi connectivity index (χ0v) is 4.08. The Morgan fingerprint density at radius 1 is 1.83 bits per heavy atom. The number of hydrogen-bond acceptors (Lipinski definition) is 0. The molecule has 0 saturated carbocycles. The van der Waals surface area contributed by atoms with Crippen LogP contribution in [0.15, 0.2) is 0 Å². The van der Waals surface area contributed by atoms with Crippen molar-refractivity contribution in [3.8, 4) is 0 Å². The van der Waals surface area contributed by atoms with Gasteiger partial charge in [-0.3, -0.25) is 4.39 Å². The summed E-state index contributed by atoms with van der Waals surface area (Å²) in [7, 11) is 0. The quantitative estimate of drug-likeness (QED) is 0.484. The summed E-state index contributed by atoms with van der Waals surface area (Å²) in [4.78, 5) is 0. The molecule has 1 heteroatoms. The van der Waals surface area contributed by atoms with Gasteiger partial charge in [0.25, 0.3) is 0 Å². The van der Waals surface area contributed by atoms with Crippen molar-refractivity contribution in [3.63, 3.8) is 0 Å².